The van der Waals surface area contributed by atoms with E-state index in [1.807, 2.05) is 52.8 Å². The van der Waals surface area contributed by atoms with Crippen molar-refractivity contribution >= 4 is 46.3 Å². The summed E-state index contributed by atoms with van der Waals surface area (Å²) in [5.74, 6) is -0.681. The molecule has 25 heavy (non-hydrogen) atoms. The predicted octanol–water partition coefficient (Wildman–Crippen LogP) is 5.14. The summed E-state index contributed by atoms with van der Waals surface area (Å²) >= 11 is 9.01. The van der Waals surface area contributed by atoms with Crippen molar-refractivity contribution in [1.82, 2.24) is 4.98 Å². The average molecular weight is 396 g/mol. The Morgan fingerprint density at radius 3 is 2.28 bits per heavy atom. The Morgan fingerprint density at radius 1 is 1.16 bits per heavy atom. The SMILES string of the molecule is Cc1sc(C2C=CC(Cl)=CC2)nc1C1C(=O)C(C)(C)SC(C)(C)C1=O. The van der Waals surface area contributed by atoms with Crippen molar-refractivity contribution in [3.8, 4) is 0 Å². The number of Topliss-reactive ketones (excluding diaryl/α,β-unsaturated/α-hetero) is 2. The monoisotopic (exact) mass is 395 g/mol. The zero-order chi connectivity index (χ0) is 18.6. The van der Waals surface area contributed by atoms with E-state index in [0.717, 1.165) is 21.3 Å². The summed E-state index contributed by atoms with van der Waals surface area (Å²) in [7, 11) is 0. The lowest BCUT2D eigenvalue weighted by atomic mass is 9.82. The molecule has 3 nitrogen and oxygen atoms in total. The van der Waals surface area contributed by atoms with Crippen molar-refractivity contribution in [1.29, 1.82) is 0 Å². The maximum atomic E-state index is 13.0. The van der Waals surface area contributed by atoms with E-state index < -0.39 is 15.4 Å². The van der Waals surface area contributed by atoms with E-state index in [1.165, 1.54) is 11.8 Å². The van der Waals surface area contributed by atoms with Crippen molar-refractivity contribution < 1.29 is 9.59 Å². The Labute approximate surface area is 161 Å². The molecule has 1 atom stereocenters. The van der Waals surface area contributed by atoms with Gasteiger partial charge in [0.2, 0.25) is 0 Å². The van der Waals surface area contributed by atoms with Crippen molar-refractivity contribution in [2.75, 3.05) is 0 Å². The first kappa shape index (κ1) is 18.9. The van der Waals surface area contributed by atoms with E-state index in [-0.39, 0.29) is 17.5 Å². The van der Waals surface area contributed by atoms with Gasteiger partial charge in [-0.05, 0) is 47.1 Å². The van der Waals surface area contributed by atoms with Gasteiger partial charge < -0.3 is 0 Å². The van der Waals surface area contributed by atoms with Gasteiger partial charge in [0.05, 0.1) is 15.2 Å². The summed E-state index contributed by atoms with van der Waals surface area (Å²) in [6.07, 6.45) is 6.69. The van der Waals surface area contributed by atoms with E-state index in [2.05, 4.69) is 0 Å². The number of thiazole rings is 1. The van der Waals surface area contributed by atoms with Gasteiger partial charge in [-0.1, -0.05) is 23.8 Å². The normalized spacial score (nSPS) is 26.0. The maximum absolute atomic E-state index is 13.0. The van der Waals surface area contributed by atoms with Crippen molar-refractivity contribution in [2.45, 2.75) is 62.4 Å². The number of aryl methyl sites for hydroxylation is 1. The fourth-order valence-electron chi connectivity index (χ4n) is 3.43. The molecule has 1 fully saturated rings. The first-order chi connectivity index (χ1) is 11.5. The van der Waals surface area contributed by atoms with Crippen molar-refractivity contribution in [2.24, 2.45) is 0 Å². The zero-order valence-electron chi connectivity index (χ0n) is 15.1. The maximum Gasteiger partial charge on any atom is 0.164 e. The molecule has 1 saturated heterocycles. The Kier molecular flexibility index (Phi) is 4.80. The minimum Gasteiger partial charge on any atom is -0.297 e. The van der Waals surface area contributed by atoms with E-state index in [9.17, 15) is 9.59 Å². The molecule has 0 saturated carbocycles. The second-order valence-electron chi connectivity index (χ2n) is 7.57. The molecule has 6 heteroatoms. The van der Waals surface area contributed by atoms with Gasteiger partial charge in [0.15, 0.2) is 11.6 Å². The Balaban J connectivity index is 1.99. The Bertz CT molecular complexity index is 778. The third-order valence-corrected chi connectivity index (χ3v) is 7.54. The first-order valence-corrected chi connectivity index (χ1v) is 10.3. The minimum absolute atomic E-state index is 0.0381. The molecule has 0 amide bonds. The quantitative estimate of drug-likeness (QED) is 0.650. The first-order valence-electron chi connectivity index (χ1n) is 8.33. The van der Waals surface area contributed by atoms with Gasteiger partial charge in [-0.2, -0.15) is 0 Å². The van der Waals surface area contributed by atoms with Crippen LogP contribution in [0.25, 0.3) is 0 Å². The average Bonchev–Trinajstić information content (AvgIpc) is 2.88. The van der Waals surface area contributed by atoms with E-state index in [0.29, 0.717) is 5.69 Å². The van der Waals surface area contributed by atoms with Crippen LogP contribution >= 0.6 is 34.7 Å². The van der Waals surface area contributed by atoms with E-state index in [4.69, 9.17) is 16.6 Å². The fourth-order valence-corrected chi connectivity index (χ4v) is 6.36. The van der Waals surface area contributed by atoms with Crippen LogP contribution in [0.4, 0.5) is 0 Å². The Hall–Kier alpha value is -0.910. The molecule has 2 heterocycles. The van der Waals surface area contributed by atoms with Gasteiger partial charge in [0.25, 0.3) is 0 Å². The number of hydrogen-bond acceptors (Lipinski definition) is 5. The number of rotatable bonds is 2. The lowest BCUT2D eigenvalue weighted by Gasteiger charge is -2.41. The molecule has 1 unspecified atom stereocenters. The molecule has 0 radical (unpaired) electrons. The van der Waals surface area contributed by atoms with Gasteiger partial charge in [-0.25, -0.2) is 4.98 Å². The van der Waals surface area contributed by atoms with Crippen LogP contribution in [-0.2, 0) is 9.59 Å². The molecule has 1 aromatic heterocycles. The minimum atomic E-state index is -0.761. The van der Waals surface area contributed by atoms with Gasteiger partial charge in [-0.15, -0.1) is 23.1 Å². The number of aromatic nitrogens is 1. The van der Waals surface area contributed by atoms with E-state index in [1.54, 1.807) is 11.3 Å². The number of ketones is 2. The lowest BCUT2D eigenvalue weighted by molar-refractivity contribution is -0.132. The molecule has 0 aromatic carbocycles. The molecule has 2 aliphatic rings. The second kappa shape index (κ2) is 6.36. The highest BCUT2D eigenvalue weighted by Gasteiger charge is 2.53. The van der Waals surface area contributed by atoms with Crippen LogP contribution in [0, 0.1) is 6.92 Å². The zero-order valence-corrected chi connectivity index (χ0v) is 17.4. The fraction of sp³-hybridized carbons (Fsp3) is 0.526. The van der Waals surface area contributed by atoms with Crippen molar-refractivity contribution in [3.63, 3.8) is 0 Å². The lowest BCUT2D eigenvalue weighted by Crippen LogP contribution is -2.51. The molecule has 0 bridgehead atoms. The third-order valence-electron chi connectivity index (χ3n) is 4.72. The summed E-state index contributed by atoms with van der Waals surface area (Å²) < 4.78 is -1.20. The molecular weight excluding hydrogens is 374 g/mol. The summed E-state index contributed by atoms with van der Waals surface area (Å²) in [4.78, 5) is 31.7. The molecule has 0 spiro atoms. The van der Waals surface area contributed by atoms with Crippen LogP contribution in [0.3, 0.4) is 0 Å². The number of nitrogens with zero attached hydrogens (tertiary/aromatic N) is 1. The van der Waals surface area contributed by atoms with E-state index >= 15 is 0 Å². The highest BCUT2D eigenvalue weighted by molar-refractivity contribution is 8.03. The summed E-state index contributed by atoms with van der Waals surface area (Å²) in [6.45, 7) is 9.57. The predicted molar refractivity (Wildman–Crippen MR) is 106 cm³/mol. The summed E-state index contributed by atoms with van der Waals surface area (Å²) in [6, 6.07) is 0. The van der Waals surface area contributed by atoms with Gasteiger partial charge in [0, 0.05) is 15.8 Å². The summed E-state index contributed by atoms with van der Waals surface area (Å²) in [5, 5.41) is 1.68. The van der Waals surface area contributed by atoms with Crippen molar-refractivity contribution in [3.05, 3.63) is 38.8 Å². The third kappa shape index (κ3) is 3.38. The van der Waals surface area contributed by atoms with Crippen LogP contribution < -0.4 is 0 Å². The topological polar surface area (TPSA) is 47.0 Å². The molecule has 1 aliphatic heterocycles. The molecule has 134 valence electrons. The van der Waals surface area contributed by atoms with Crippen LogP contribution in [0.5, 0.6) is 0 Å². The van der Waals surface area contributed by atoms with Gasteiger partial charge in [-0.3, -0.25) is 9.59 Å². The molecule has 1 aromatic rings. The van der Waals surface area contributed by atoms with Crippen LogP contribution in [0.2, 0.25) is 0 Å². The number of carbonyl (C=O) groups excluding carboxylic acids is 2. The molecule has 0 N–H and O–H groups in total. The molecular formula is C19H22ClNO2S2. The summed E-state index contributed by atoms with van der Waals surface area (Å²) in [5.41, 5.74) is 0.644. The van der Waals surface area contributed by atoms with Gasteiger partial charge >= 0.3 is 0 Å². The van der Waals surface area contributed by atoms with Crippen LogP contribution in [0.1, 0.15) is 61.5 Å². The Morgan fingerprint density at radius 2 is 1.76 bits per heavy atom. The van der Waals surface area contributed by atoms with Crippen LogP contribution in [-0.4, -0.2) is 26.0 Å². The standard InChI is InChI=1S/C19H22ClNO2S2/c1-10-14(21-17(24-10)11-6-8-12(20)9-7-11)13-15(22)18(2,3)25-19(4,5)16(13)23/h6,8-9,11,13H,7H2,1-5H3. The smallest absolute Gasteiger partial charge is 0.164 e. The largest absolute Gasteiger partial charge is 0.297 e. The number of thioether (sulfide) groups is 1. The highest BCUT2D eigenvalue weighted by atomic mass is 35.5. The number of allylic oxidation sites excluding steroid dienone is 4. The second-order valence-corrected chi connectivity index (χ2v) is 11.5. The number of halogens is 1. The highest BCUT2D eigenvalue weighted by Crippen LogP contribution is 2.49. The number of hydrogen-bond donors (Lipinski definition) is 0. The van der Waals surface area contributed by atoms with Crippen LogP contribution in [0.15, 0.2) is 23.3 Å². The molecule has 1 aliphatic carbocycles. The number of carbonyl (C=O) groups is 2. The van der Waals surface area contributed by atoms with Gasteiger partial charge in [0.1, 0.15) is 10.9 Å². The molecule has 3 rings (SSSR count).